The molecule has 0 saturated heterocycles. The van der Waals surface area contributed by atoms with Gasteiger partial charge in [-0.05, 0) is 12.1 Å². The van der Waals surface area contributed by atoms with Crippen LogP contribution in [0.25, 0.3) is 0 Å². The third-order valence-corrected chi connectivity index (χ3v) is 5.09. The van der Waals surface area contributed by atoms with E-state index in [0.717, 1.165) is 5.75 Å². The van der Waals surface area contributed by atoms with Gasteiger partial charge in [0.1, 0.15) is 12.4 Å². The number of ether oxygens (including phenoxy) is 4. The second-order valence-corrected chi connectivity index (χ2v) is 10.9. The Morgan fingerprint density at radius 2 is 1.29 bits per heavy atom. The summed E-state index contributed by atoms with van der Waals surface area (Å²) in [7, 11) is 0.438. The number of hydrogen-bond donors (Lipinski definition) is 0. The summed E-state index contributed by atoms with van der Waals surface area (Å²) in [4.78, 5) is 0. The smallest absolute Gasteiger partial charge is 0.119 e. The summed E-state index contributed by atoms with van der Waals surface area (Å²) in [6.07, 6.45) is 0. The van der Waals surface area contributed by atoms with Crippen molar-refractivity contribution in [2.24, 2.45) is 0 Å². The summed E-state index contributed by atoms with van der Waals surface area (Å²) in [6, 6.07) is 8.43. The molecule has 0 aromatic heterocycles. The molecule has 0 N–H and O–H groups in total. The summed E-state index contributed by atoms with van der Waals surface area (Å²) >= 11 is 0. The predicted molar refractivity (Wildman–Crippen MR) is 88.4 cm³/mol. The van der Waals surface area contributed by atoms with E-state index in [-0.39, 0.29) is 0 Å². The van der Waals surface area contributed by atoms with Gasteiger partial charge in [-0.15, -0.1) is 0 Å². The maximum Gasteiger partial charge on any atom is 0.119 e. The van der Waals surface area contributed by atoms with Gasteiger partial charge in [0.2, 0.25) is 0 Å². The second-order valence-electron chi connectivity index (χ2n) is 5.84. The lowest BCUT2D eigenvalue weighted by Gasteiger charge is -2.16. The van der Waals surface area contributed by atoms with Crippen LogP contribution in [0.1, 0.15) is 0 Å². The molecule has 0 amide bonds. The molecule has 4 nitrogen and oxygen atoms in total. The van der Waals surface area contributed by atoms with Crippen LogP contribution in [0.5, 0.6) is 5.75 Å². The van der Waals surface area contributed by atoms with Crippen LogP contribution in [0.15, 0.2) is 24.3 Å². The van der Waals surface area contributed by atoms with Gasteiger partial charge in [0, 0.05) is 7.11 Å². The van der Waals surface area contributed by atoms with Crippen LogP contribution < -0.4 is 9.92 Å². The normalized spacial score (nSPS) is 11.6. The molecule has 0 bridgehead atoms. The van der Waals surface area contributed by atoms with Crippen LogP contribution in [-0.4, -0.2) is 54.8 Å². The highest BCUT2D eigenvalue weighted by Gasteiger charge is 2.15. The lowest BCUT2D eigenvalue weighted by atomic mass is 10.3. The molecule has 0 radical (unpaired) electrons. The Morgan fingerprint density at radius 3 is 1.81 bits per heavy atom. The Labute approximate surface area is 129 Å². The van der Waals surface area contributed by atoms with Crippen molar-refractivity contribution in [3.8, 4) is 5.75 Å². The van der Waals surface area contributed by atoms with Crippen molar-refractivity contribution < 1.29 is 18.9 Å². The van der Waals surface area contributed by atoms with E-state index in [9.17, 15) is 0 Å². The third kappa shape index (κ3) is 8.21. The first kappa shape index (κ1) is 18.2. The molecule has 0 saturated carbocycles. The molecule has 1 aromatic rings. The van der Waals surface area contributed by atoms with Gasteiger partial charge in [-0.1, -0.05) is 37.0 Å². The van der Waals surface area contributed by atoms with E-state index in [1.54, 1.807) is 7.11 Å². The average molecular weight is 312 g/mol. The van der Waals surface area contributed by atoms with Crippen molar-refractivity contribution in [2.45, 2.75) is 19.6 Å². The van der Waals surface area contributed by atoms with Crippen molar-refractivity contribution in [3.63, 3.8) is 0 Å². The zero-order valence-electron chi connectivity index (χ0n) is 13.7. The lowest BCUT2D eigenvalue weighted by Crippen LogP contribution is -2.37. The molecule has 0 fully saturated rings. The number of benzene rings is 1. The molecule has 0 atom stereocenters. The van der Waals surface area contributed by atoms with Gasteiger partial charge in [-0.3, -0.25) is 0 Å². The zero-order valence-corrected chi connectivity index (χ0v) is 14.7. The summed E-state index contributed by atoms with van der Waals surface area (Å²) in [6.45, 7) is 10.6. The van der Waals surface area contributed by atoms with Crippen LogP contribution in [0.4, 0.5) is 0 Å². The molecule has 0 unspecified atom stereocenters. The van der Waals surface area contributed by atoms with E-state index in [1.807, 2.05) is 12.1 Å². The van der Waals surface area contributed by atoms with Crippen LogP contribution in [0.2, 0.25) is 19.6 Å². The number of methoxy groups -OCH3 is 1. The average Bonchev–Trinajstić information content (AvgIpc) is 2.45. The molecule has 0 spiro atoms. The van der Waals surface area contributed by atoms with Gasteiger partial charge >= 0.3 is 0 Å². The number of hydrogen-bond acceptors (Lipinski definition) is 4. The van der Waals surface area contributed by atoms with Crippen molar-refractivity contribution in [1.82, 2.24) is 0 Å². The molecule has 5 heteroatoms. The second kappa shape index (κ2) is 9.95. The van der Waals surface area contributed by atoms with E-state index in [4.69, 9.17) is 18.9 Å². The molecule has 21 heavy (non-hydrogen) atoms. The summed E-state index contributed by atoms with van der Waals surface area (Å²) < 4.78 is 21.3. The van der Waals surface area contributed by atoms with Crippen molar-refractivity contribution in [1.29, 1.82) is 0 Å². The summed E-state index contributed by atoms with van der Waals surface area (Å²) in [5.41, 5.74) is 0. The minimum Gasteiger partial charge on any atom is -0.491 e. The monoisotopic (exact) mass is 312 g/mol. The van der Waals surface area contributed by atoms with Gasteiger partial charge in [-0.2, -0.15) is 0 Å². The summed E-state index contributed by atoms with van der Waals surface area (Å²) in [5, 5.41) is 1.44. The van der Waals surface area contributed by atoms with Gasteiger partial charge in [0.25, 0.3) is 0 Å². The van der Waals surface area contributed by atoms with Crippen LogP contribution in [0, 0.1) is 0 Å². The molecule has 0 aliphatic rings. The van der Waals surface area contributed by atoms with Crippen molar-refractivity contribution >= 4 is 13.3 Å². The summed E-state index contributed by atoms with van der Waals surface area (Å²) in [5.74, 6) is 0.900. The molecule has 0 heterocycles. The van der Waals surface area contributed by atoms with E-state index in [1.165, 1.54) is 5.19 Å². The van der Waals surface area contributed by atoms with Gasteiger partial charge < -0.3 is 18.9 Å². The molecule has 120 valence electrons. The first-order chi connectivity index (χ1) is 10.0. The first-order valence-electron chi connectivity index (χ1n) is 7.42. The molecular weight excluding hydrogens is 284 g/mol. The maximum atomic E-state index is 5.65. The quantitative estimate of drug-likeness (QED) is 0.464. The third-order valence-electron chi connectivity index (χ3n) is 3.02. The molecule has 1 rings (SSSR count). The predicted octanol–water partition coefficient (Wildman–Crippen LogP) is 2.29. The zero-order chi connectivity index (χ0) is 15.6. The topological polar surface area (TPSA) is 36.9 Å². The van der Waals surface area contributed by atoms with Crippen LogP contribution in [0.3, 0.4) is 0 Å². The highest BCUT2D eigenvalue weighted by atomic mass is 28.3. The lowest BCUT2D eigenvalue weighted by molar-refractivity contribution is 0.0180. The largest absolute Gasteiger partial charge is 0.491 e. The highest BCUT2D eigenvalue weighted by Crippen LogP contribution is 2.10. The SMILES string of the molecule is COCCOCCOCCOc1ccc([Si](C)(C)C)cc1. The van der Waals surface area contributed by atoms with Crippen LogP contribution in [-0.2, 0) is 14.2 Å². The Bertz CT molecular complexity index is 373. The Hall–Kier alpha value is -0.883. The van der Waals surface area contributed by atoms with Crippen LogP contribution >= 0.6 is 0 Å². The fourth-order valence-electron chi connectivity index (χ4n) is 1.73. The standard InChI is InChI=1S/C16H28O4Si/c1-17-9-10-18-11-12-19-13-14-20-15-5-7-16(8-6-15)21(2,3)4/h5-8H,9-14H2,1-4H3. The van der Waals surface area contributed by atoms with E-state index in [2.05, 4.69) is 31.8 Å². The number of rotatable bonds is 11. The van der Waals surface area contributed by atoms with E-state index < -0.39 is 8.07 Å². The molecule has 1 aromatic carbocycles. The van der Waals surface area contributed by atoms with Crippen molar-refractivity contribution in [3.05, 3.63) is 24.3 Å². The van der Waals surface area contributed by atoms with Crippen molar-refractivity contribution in [2.75, 3.05) is 46.8 Å². The van der Waals surface area contributed by atoms with Gasteiger partial charge in [-0.25, -0.2) is 0 Å². The molecular formula is C16H28O4Si. The Kier molecular flexibility index (Phi) is 8.60. The van der Waals surface area contributed by atoms with E-state index >= 15 is 0 Å². The highest BCUT2D eigenvalue weighted by molar-refractivity contribution is 6.88. The van der Waals surface area contributed by atoms with Gasteiger partial charge in [0.05, 0.1) is 41.1 Å². The molecule has 0 aliphatic heterocycles. The fourth-order valence-corrected chi connectivity index (χ4v) is 2.90. The minimum absolute atomic E-state index is 0.560. The first-order valence-corrected chi connectivity index (χ1v) is 10.9. The fraction of sp³-hybridized carbons (Fsp3) is 0.625. The van der Waals surface area contributed by atoms with Gasteiger partial charge in [0.15, 0.2) is 0 Å². The Balaban J connectivity index is 2.08. The Morgan fingerprint density at radius 1 is 0.762 bits per heavy atom. The molecule has 0 aliphatic carbocycles. The maximum absolute atomic E-state index is 5.65. The minimum atomic E-state index is -1.22. The van der Waals surface area contributed by atoms with E-state index in [0.29, 0.717) is 39.6 Å².